The largest absolute Gasteiger partial charge is 0.436 e. The van der Waals surface area contributed by atoms with Crippen molar-refractivity contribution < 1.29 is 9.21 Å². The van der Waals surface area contributed by atoms with E-state index >= 15 is 0 Å². The molecule has 0 unspecified atom stereocenters. The molecule has 128 valence electrons. The van der Waals surface area contributed by atoms with E-state index in [1.54, 1.807) is 42.5 Å². The predicted molar refractivity (Wildman–Crippen MR) is 107 cm³/mol. The van der Waals surface area contributed by atoms with Gasteiger partial charge in [0.25, 0.3) is 5.91 Å². The Morgan fingerprint density at radius 2 is 1.88 bits per heavy atom. The average molecular weight is 428 g/mol. The fourth-order valence-electron chi connectivity index (χ4n) is 2.58. The number of nitrogens with one attached hydrogen (secondary N) is 1. The van der Waals surface area contributed by atoms with E-state index in [0.29, 0.717) is 33.3 Å². The molecule has 0 aliphatic carbocycles. The molecule has 0 saturated carbocycles. The van der Waals surface area contributed by atoms with Gasteiger partial charge in [0.05, 0.1) is 0 Å². The third kappa shape index (κ3) is 3.49. The van der Waals surface area contributed by atoms with E-state index in [0.717, 1.165) is 10.0 Å². The van der Waals surface area contributed by atoms with E-state index in [4.69, 9.17) is 16.0 Å². The van der Waals surface area contributed by atoms with Crippen molar-refractivity contribution in [3.8, 4) is 11.5 Å². The van der Waals surface area contributed by atoms with Gasteiger partial charge in [0.2, 0.25) is 5.89 Å². The van der Waals surface area contributed by atoms with Crippen molar-refractivity contribution in [2.45, 2.75) is 0 Å². The van der Waals surface area contributed by atoms with Crippen molar-refractivity contribution in [1.29, 1.82) is 0 Å². The maximum Gasteiger partial charge on any atom is 0.255 e. The number of nitrogens with zero attached hydrogens (tertiary/aromatic N) is 1. The number of oxazole rings is 1. The molecule has 1 N–H and O–H groups in total. The van der Waals surface area contributed by atoms with Crippen LogP contribution in [0, 0.1) is 0 Å². The molecule has 1 amide bonds. The van der Waals surface area contributed by atoms with Gasteiger partial charge in [-0.2, -0.15) is 0 Å². The highest BCUT2D eigenvalue weighted by Gasteiger charge is 2.11. The van der Waals surface area contributed by atoms with Crippen LogP contribution >= 0.6 is 27.5 Å². The Labute approximate surface area is 162 Å². The molecule has 3 aromatic carbocycles. The van der Waals surface area contributed by atoms with Gasteiger partial charge in [-0.25, -0.2) is 4.98 Å². The summed E-state index contributed by atoms with van der Waals surface area (Å²) in [5.74, 6) is 0.294. The van der Waals surface area contributed by atoms with Gasteiger partial charge >= 0.3 is 0 Å². The molecule has 4 nitrogen and oxygen atoms in total. The second kappa shape index (κ2) is 6.94. The Kier molecular flexibility index (Phi) is 4.49. The smallest absolute Gasteiger partial charge is 0.255 e. The molecule has 6 heteroatoms. The van der Waals surface area contributed by atoms with Crippen LogP contribution in [0.5, 0.6) is 0 Å². The molecular formula is C20H12BrClN2O2. The Hall–Kier alpha value is -2.63. The van der Waals surface area contributed by atoms with Crippen LogP contribution in [-0.2, 0) is 0 Å². The third-order valence-electron chi connectivity index (χ3n) is 3.80. The molecule has 4 rings (SSSR count). The van der Waals surface area contributed by atoms with Crippen LogP contribution in [0.2, 0.25) is 5.02 Å². The zero-order chi connectivity index (χ0) is 18.1. The highest BCUT2D eigenvalue weighted by molar-refractivity contribution is 9.10. The van der Waals surface area contributed by atoms with Gasteiger partial charge in [0.15, 0.2) is 5.58 Å². The lowest BCUT2D eigenvalue weighted by atomic mass is 10.2. The number of hydrogen-bond acceptors (Lipinski definition) is 3. The summed E-state index contributed by atoms with van der Waals surface area (Å²) in [5.41, 5.74) is 3.31. The Morgan fingerprint density at radius 1 is 1.04 bits per heavy atom. The molecule has 0 bridgehead atoms. The van der Waals surface area contributed by atoms with Crippen molar-refractivity contribution >= 4 is 50.2 Å². The molecule has 0 aliphatic heterocycles. The summed E-state index contributed by atoms with van der Waals surface area (Å²) < 4.78 is 6.63. The monoisotopic (exact) mass is 426 g/mol. The van der Waals surface area contributed by atoms with E-state index in [2.05, 4.69) is 26.2 Å². The summed E-state index contributed by atoms with van der Waals surface area (Å²) in [6, 6.07) is 19.9. The van der Waals surface area contributed by atoms with E-state index in [1.807, 2.05) is 24.3 Å². The number of hydrogen-bond donors (Lipinski definition) is 1. The minimum Gasteiger partial charge on any atom is -0.436 e. The zero-order valence-corrected chi connectivity index (χ0v) is 15.7. The minimum atomic E-state index is -0.191. The summed E-state index contributed by atoms with van der Waals surface area (Å²) >= 11 is 9.39. The first-order valence-corrected chi connectivity index (χ1v) is 8.99. The molecule has 0 fully saturated rings. The Balaban J connectivity index is 1.62. The van der Waals surface area contributed by atoms with Crippen molar-refractivity contribution in [3.05, 3.63) is 81.8 Å². The predicted octanol–water partition coefficient (Wildman–Crippen LogP) is 6.16. The van der Waals surface area contributed by atoms with Gasteiger partial charge in [0, 0.05) is 26.3 Å². The molecule has 0 atom stereocenters. The quantitative estimate of drug-likeness (QED) is 0.426. The van der Waals surface area contributed by atoms with Crippen LogP contribution in [-0.4, -0.2) is 10.9 Å². The standard InChI is InChI=1S/C20H12BrClN2O2/c21-14-5-1-3-12(9-14)19(25)23-16-7-8-18-17(11-16)24-20(26-18)13-4-2-6-15(22)10-13/h1-11H,(H,23,25). The van der Waals surface area contributed by atoms with E-state index < -0.39 is 0 Å². The number of carbonyl (C=O) groups excluding carboxylic acids is 1. The van der Waals surface area contributed by atoms with E-state index in [-0.39, 0.29) is 5.91 Å². The number of halogens is 2. The minimum absolute atomic E-state index is 0.191. The van der Waals surface area contributed by atoms with E-state index in [1.165, 1.54) is 0 Å². The van der Waals surface area contributed by atoms with Crippen molar-refractivity contribution in [1.82, 2.24) is 4.98 Å². The zero-order valence-electron chi connectivity index (χ0n) is 13.4. The second-order valence-corrected chi connectivity index (χ2v) is 7.03. The Morgan fingerprint density at radius 3 is 2.69 bits per heavy atom. The number of rotatable bonds is 3. The maximum absolute atomic E-state index is 12.4. The van der Waals surface area contributed by atoms with Gasteiger partial charge in [-0.15, -0.1) is 0 Å². The summed E-state index contributed by atoms with van der Waals surface area (Å²) in [6.07, 6.45) is 0. The topological polar surface area (TPSA) is 55.1 Å². The first-order chi connectivity index (χ1) is 12.6. The van der Waals surface area contributed by atoms with Crippen molar-refractivity contribution in [2.75, 3.05) is 5.32 Å². The summed E-state index contributed by atoms with van der Waals surface area (Å²) in [7, 11) is 0. The van der Waals surface area contributed by atoms with Crippen molar-refractivity contribution in [2.24, 2.45) is 0 Å². The highest BCUT2D eigenvalue weighted by Crippen LogP contribution is 2.28. The fraction of sp³-hybridized carbons (Fsp3) is 0. The van der Waals surface area contributed by atoms with Crippen molar-refractivity contribution in [3.63, 3.8) is 0 Å². The van der Waals surface area contributed by atoms with Gasteiger partial charge < -0.3 is 9.73 Å². The lowest BCUT2D eigenvalue weighted by Crippen LogP contribution is -2.11. The first-order valence-electron chi connectivity index (χ1n) is 7.82. The number of aromatic nitrogens is 1. The summed E-state index contributed by atoms with van der Waals surface area (Å²) in [5, 5.41) is 3.49. The highest BCUT2D eigenvalue weighted by atomic mass is 79.9. The summed E-state index contributed by atoms with van der Waals surface area (Å²) in [6.45, 7) is 0. The number of carbonyl (C=O) groups is 1. The van der Waals surface area contributed by atoms with Crippen LogP contribution in [0.4, 0.5) is 5.69 Å². The second-order valence-electron chi connectivity index (χ2n) is 5.68. The lowest BCUT2D eigenvalue weighted by Gasteiger charge is -2.05. The number of benzene rings is 3. The number of fused-ring (bicyclic) bond motifs is 1. The molecule has 0 spiro atoms. The average Bonchev–Trinajstić information content (AvgIpc) is 3.05. The fourth-order valence-corrected chi connectivity index (χ4v) is 3.17. The lowest BCUT2D eigenvalue weighted by molar-refractivity contribution is 0.102. The van der Waals surface area contributed by atoms with Gasteiger partial charge in [-0.3, -0.25) is 4.79 Å². The molecular weight excluding hydrogens is 416 g/mol. The van der Waals surface area contributed by atoms with Gasteiger partial charge in [0.1, 0.15) is 5.52 Å². The number of amides is 1. The SMILES string of the molecule is O=C(Nc1ccc2oc(-c3cccc(Cl)c3)nc2c1)c1cccc(Br)c1. The van der Waals surface area contributed by atoms with Crippen LogP contribution in [0.3, 0.4) is 0 Å². The third-order valence-corrected chi connectivity index (χ3v) is 4.53. The van der Waals surface area contributed by atoms with E-state index in [9.17, 15) is 4.79 Å². The van der Waals surface area contributed by atoms with Crippen LogP contribution in [0.1, 0.15) is 10.4 Å². The Bertz CT molecular complexity index is 1120. The molecule has 1 aromatic heterocycles. The maximum atomic E-state index is 12.4. The number of anilines is 1. The van der Waals surface area contributed by atoms with Gasteiger partial charge in [-0.05, 0) is 54.6 Å². The molecule has 26 heavy (non-hydrogen) atoms. The molecule has 0 aliphatic rings. The normalized spacial score (nSPS) is 10.8. The van der Waals surface area contributed by atoms with Gasteiger partial charge in [-0.1, -0.05) is 39.7 Å². The molecule has 0 radical (unpaired) electrons. The van der Waals surface area contributed by atoms with Crippen LogP contribution < -0.4 is 5.32 Å². The summed E-state index contributed by atoms with van der Waals surface area (Å²) in [4.78, 5) is 16.9. The molecule has 0 saturated heterocycles. The molecule has 4 aromatic rings. The first kappa shape index (κ1) is 16.8. The molecule has 1 heterocycles. The van der Waals surface area contributed by atoms with Crippen LogP contribution in [0.15, 0.2) is 75.6 Å². The van der Waals surface area contributed by atoms with Crippen LogP contribution in [0.25, 0.3) is 22.6 Å².